The van der Waals surface area contributed by atoms with Crippen molar-refractivity contribution < 1.29 is 0 Å². The predicted molar refractivity (Wildman–Crippen MR) is 72.8 cm³/mol. The van der Waals surface area contributed by atoms with Crippen LogP contribution in [0.5, 0.6) is 0 Å². The number of halogens is 1. The van der Waals surface area contributed by atoms with Gasteiger partial charge in [0.15, 0.2) is 0 Å². The lowest BCUT2D eigenvalue weighted by Crippen LogP contribution is -2.10. The summed E-state index contributed by atoms with van der Waals surface area (Å²) in [5.74, 6) is 0. The van der Waals surface area contributed by atoms with Crippen LogP contribution >= 0.6 is 15.9 Å². The third-order valence-corrected chi connectivity index (χ3v) is 3.29. The van der Waals surface area contributed by atoms with E-state index in [9.17, 15) is 0 Å². The van der Waals surface area contributed by atoms with Crippen molar-refractivity contribution in [1.29, 1.82) is 0 Å². The molecule has 0 unspecified atom stereocenters. The predicted octanol–water partition coefficient (Wildman–Crippen LogP) is 3.49. The van der Waals surface area contributed by atoms with Crippen molar-refractivity contribution in [1.82, 2.24) is 4.57 Å². The highest BCUT2D eigenvalue weighted by Gasteiger charge is 2.10. The summed E-state index contributed by atoms with van der Waals surface area (Å²) in [6.07, 6.45) is 0.935. The Labute approximate surface area is 105 Å². The van der Waals surface area contributed by atoms with E-state index in [-0.39, 0.29) is 0 Å². The fourth-order valence-corrected chi connectivity index (χ4v) is 2.59. The SMILES string of the molecule is CC(C)n1c(CCN)cc2cc(Br)ccc21. The third kappa shape index (κ3) is 2.02. The van der Waals surface area contributed by atoms with E-state index in [0.717, 1.165) is 10.9 Å². The van der Waals surface area contributed by atoms with Crippen LogP contribution in [-0.4, -0.2) is 11.1 Å². The summed E-state index contributed by atoms with van der Waals surface area (Å²) in [5.41, 5.74) is 8.28. The first-order valence-corrected chi connectivity index (χ1v) is 6.42. The fourth-order valence-electron chi connectivity index (χ4n) is 2.21. The number of aromatic nitrogens is 1. The van der Waals surface area contributed by atoms with Crippen molar-refractivity contribution in [2.24, 2.45) is 5.73 Å². The van der Waals surface area contributed by atoms with Crippen LogP contribution < -0.4 is 5.73 Å². The first-order chi connectivity index (χ1) is 7.63. The van der Waals surface area contributed by atoms with Gasteiger partial charge in [0, 0.05) is 27.1 Å². The maximum absolute atomic E-state index is 5.66. The summed E-state index contributed by atoms with van der Waals surface area (Å²) in [6.45, 7) is 5.12. The molecule has 0 aliphatic rings. The molecule has 0 atom stereocenters. The van der Waals surface area contributed by atoms with Crippen molar-refractivity contribution in [3.8, 4) is 0 Å². The summed E-state index contributed by atoms with van der Waals surface area (Å²) in [4.78, 5) is 0. The average Bonchev–Trinajstić information content (AvgIpc) is 2.55. The molecule has 0 bridgehead atoms. The quantitative estimate of drug-likeness (QED) is 0.917. The van der Waals surface area contributed by atoms with E-state index in [1.165, 1.54) is 16.6 Å². The molecule has 1 heterocycles. The van der Waals surface area contributed by atoms with Crippen LogP contribution in [0.3, 0.4) is 0 Å². The molecule has 86 valence electrons. The largest absolute Gasteiger partial charge is 0.342 e. The summed E-state index contributed by atoms with van der Waals surface area (Å²) in [5, 5.41) is 1.28. The smallest absolute Gasteiger partial charge is 0.0485 e. The number of rotatable bonds is 3. The molecule has 0 spiro atoms. The lowest BCUT2D eigenvalue weighted by molar-refractivity contribution is 0.594. The molecule has 1 aromatic carbocycles. The number of fused-ring (bicyclic) bond motifs is 1. The van der Waals surface area contributed by atoms with E-state index in [2.05, 4.69) is 58.6 Å². The average molecular weight is 281 g/mol. The minimum absolute atomic E-state index is 0.472. The van der Waals surface area contributed by atoms with Gasteiger partial charge < -0.3 is 10.3 Å². The molecule has 2 nitrogen and oxygen atoms in total. The lowest BCUT2D eigenvalue weighted by atomic mass is 10.2. The Morgan fingerprint density at radius 1 is 1.31 bits per heavy atom. The normalized spacial score (nSPS) is 11.6. The third-order valence-electron chi connectivity index (χ3n) is 2.80. The molecular weight excluding hydrogens is 264 g/mol. The van der Waals surface area contributed by atoms with Crippen molar-refractivity contribution >= 4 is 26.8 Å². The van der Waals surface area contributed by atoms with E-state index < -0.39 is 0 Å². The minimum atomic E-state index is 0.472. The van der Waals surface area contributed by atoms with Gasteiger partial charge in [-0.1, -0.05) is 15.9 Å². The number of hydrogen-bond acceptors (Lipinski definition) is 1. The highest BCUT2D eigenvalue weighted by molar-refractivity contribution is 9.10. The van der Waals surface area contributed by atoms with Crippen LogP contribution in [0.2, 0.25) is 0 Å². The fraction of sp³-hybridized carbons (Fsp3) is 0.385. The maximum Gasteiger partial charge on any atom is 0.0485 e. The molecular formula is C13H17BrN2. The zero-order valence-corrected chi connectivity index (χ0v) is 11.3. The van der Waals surface area contributed by atoms with Crippen LogP contribution in [0.25, 0.3) is 10.9 Å². The molecule has 2 N–H and O–H groups in total. The summed E-state index contributed by atoms with van der Waals surface area (Å²) in [6, 6.07) is 9.13. The molecule has 3 heteroatoms. The van der Waals surface area contributed by atoms with Gasteiger partial charge >= 0.3 is 0 Å². The van der Waals surface area contributed by atoms with Gasteiger partial charge in [0.05, 0.1) is 0 Å². The highest BCUT2D eigenvalue weighted by Crippen LogP contribution is 2.27. The van der Waals surface area contributed by atoms with Gasteiger partial charge in [-0.3, -0.25) is 0 Å². The highest BCUT2D eigenvalue weighted by atomic mass is 79.9. The van der Waals surface area contributed by atoms with Crippen LogP contribution in [-0.2, 0) is 6.42 Å². The zero-order valence-electron chi connectivity index (χ0n) is 9.70. The van der Waals surface area contributed by atoms with Crippen molar-refractivity contribution in [2.45, 2.75) is 26.3 Å². The van der Waals surface area contributed by atoms with E-state index >= 15 is 0 Å². The molecule has 2 aromatic rings. The van der Waals surface area contributed by atoms with Crippen molar-refractivity contribution in [2.75, 3.05) is 6.54 Å². The Hall–Kier alpha value is -0.800. The molecule has 16 heavy (non-hydrogen) atoms. The summed E-state index contributed by atoms with van der Waals surface area (Å²) >= 11 is 3.51. The maximum atomic E-state index is 5.66. The number of nitrogens with zero attached hydrogens (tertiary/aromatic N) is 1. The second-order valence-electron chi connectivity index (χ2n) is 4.34. The molecule has 2 rings (SSSR count). The first-order valence-electron chi connectivity index (χ1n) is 5.63. The van der Waals surface area contributed by atoms with Gasteiger partial charge in [0.25, 0.3) is 0 Å². The van der Waals surface area contributed by atoms with Gasteiger partial charge in [-0.05, 0) is 51.1 Å². The Morgan fingerprint density at radius 3 is 2.69 bits per heavy atom. The van der Waals surface area contributed by atoms with E-state index in [1.807, 2.05) is 0 Å². The second kappa shape index (κ2) is 4.60. The molecule has 0 aliphatic carbocycles. The summed E-state index contributed by atoms with van der Waals surface area (Å²) in [7, 11) is 0. The van der Waals surface area contributed by atoms with E-state index in [4.69, 9.17) is 5.73 Å². The Morgan fingerprint density at radius 2 is 2.06 bits per heavy atom. The van der Waals surface area contributed by atoms with Gasteiger partial charge in [-0.15, -0.1) is 0 Å². The van der Waals surface area contributed by atoms with Crippen LogP contribution in [0, 0.1) is 0 Å². The molecule has 0 radical (unpaired) electrons. The molecule has 0 aliphatic heterocycles. The number of benzene rings is 1. The zero-order chi connectivity index (χ0) is 11.7. The number of nitrogens with two attached hydrogens (primary N) is 1. The second-order valence-corrected chi connectivity index (χ2v) is 5.26. The topological polar surface area (TPSA) is 30.9 Å². The number of hydrogen-bond donors (Lipinski definition) is 1. The molecule has 0 amide bonds. The van der Waals surface area contributed by atoms with Crippen LogP contribution in [0.15, 0.2) is 28.7 Å². The Kier molecular flexibility index (Phi) is 3.36. The lowest BCUT2D eigenvalue weighted by Gasteiger charge is -2.14. The summed E-state index contributed by atoms with van der Waals surface area (Å²) < 4.78 is 3.49. The van der Waals surface area contributed by atoms with E-state index in [1.54, 1.807) is 0 Å². The molecule has 0 saturated heterocycles. The Bertz CT molecular complexity index is 500. The van der Waals surface area contributed by atoms with Gasteiger partial charge in [0.1, 0.15) is 0 Å². The van der Waals surface area contributed by atoms with Gasteiger partial charge in [0.2, 0.25) is 0 Å². The molecule has 0 saturated carbocycles. The van der Waals surface area contributed by atoms with Crippen molar-refractivity contribution in [3.63, 3.8) is 0 Å². The van der Waals surface area contributed by atoms with Gasteiger partial charge in [-0.25, -0.2) is 0 Å². The minimum Gasteiger partial charge on any atom is -0.342 e. The van der Waals surface area contributed by atoms with E-state index in [0.29, 0.717) is 12.6 Å². The first kappa shape index (κ1) is 11.7. The monoisotopic (exact) mass is 280 g/mol. The molecule has 1 aromatic heterocycles. The Balaban J connectivity index is 2.65. The van der Waals surface area contributed by atoms with Gasteiger partial charge in [-0.2, -0.15) is 0 Å². The van der Waals surface area contributed by atoms with Crippen molar-refractivity contribution in [3.05, 3.63) is 34.4 Å². The molecule has 0 fully saturated rings. The standard InChI is InChI=1S/C13H17BrN2/c1-9(2)16-12(5-6-15)8-10-7-11(14)3-4-13(10)16/h3-4,7-9H,5-6,15H2,1-2H3. The van der Waals surface area contributed by atoms with Crippen LogP contribution in [0.4, 0.5) is 0 Å². The van der Waals surface area contributed by atoms with Crippen LogP contribution in [0.1, 0.15) is 25.6 Å².